The summed E-state index contributed by atoms with van der Waals surface area (Å²) in [5, 5.41) is 0. The van der Waals surface area contributed by atoms with E-state index >= 15 is 0 Å². The maximum Gasteiger partial charge on any atom is 0.437 e. The fraction of sp³-hybridized carbons (Fsp3) is 0.308. The molecule has 0 aromatic heterocycles. The Bertz CT molecular complexity index is 1610. The van der Waals surface area contributed by atoms with Crippen LogP contribution in [-0.4, -0.2) is 53.7 Å². The van der Waals surface area contributed by atoms with Crippen LogP contribution in [0.15, 0.2) is 119 Å². The highest BCUT2D eigenvalue weighted by Crippen LogP contribution is 2.34. The first kappa shape index (κ1) is 33.4. The molecule has 1 fully saturated rings. The summed E-state index contributed by atoms with van der Waals surface area (Å²) in [6, 6.07) is 26.6. The lowest BCUT2D eigenvalue weighted by atomic mass is 9.96. The Hall–Kier alpha value is -4.95. The third-order valence-electron chi connectivity index (χ3n) is 8.15. The second-order valence-electron chi connectivity index (χ2n) is 11.8. The second-order valence-corrected chi connectivity index (χ2v) is 11.8. The first-order valence-electron chi connectivity index (χ1n) is 16.2. The van der Waals surface area contributed by atoms with E-state index in [9.17, 15) is 9.59 Å². The minimum Gasteiger partial charge on any atom is -0.444 e. The van der Waals surface area contributed by atoms with Crippen LogP contribution in [0, 0.1) is 6.92 Å². The summed E-state index contributed by atoms with van der Waals surface area (Å²) < 4.78 is 17.3. The van der Waals surface area contributed by atoms with Crippen molar-refractivity contribution in [2.75, 3.05) is 13.7 Å². The van der Waals surface area contributed by atoms with Crippen LogP contribution in [0.4, 0.5) is 9.59 Å². The minimum atomic E-state index is -0.796. The van der Waals surface area contributed by atoms with Crippen molar-refractivity contribution in [3.63, 3.8) is 0 Å². The largest absolute Gasteiger partial charge is 0.444 e. The maximum absolute atomic E-state index is 14.0. The zero-order chi connectivity index (χ0) is 33.0. The van der Waals surface area contributed by atoms with Crippen molar-refractivity contribution in [2.24, 2.45) is 4.99 Å². The molecule has 1 heterocycles. The summed E-state index contributed by atoms with van der Waals surface area (Å²) in [6.45, 7) is 5.06. The molecule has 0 saturated carbocycles. The van der Waals surface area contributed by atoms with Crippen molar-refractivity contribution < 1.29 is 23.8 Å². The van der Waals surface area contributed by atoms with Crippen LogP contribution in [0.5, 0.6) is 0 Å². The lowest BCUT2D eigenvalue weighted by Crippen LogP contribution is -2.37. The van der Waals surface area contributed by atoms with Crippen LogP contribution in [0.3, 0.4) is 0 Å². The highest BCUT2D eigenvalue weighted by molar-refractivity contribution is 6.03. The molecule has 0 bridgehead atoms. The van der Waals surface area contributed by atoms with Crippen LogP contribution in [-0.2, 0) is 27.4 Å². The van der Waals surface area contributed by atoms with Crippen LogP contribution in [0.1, 0.15) is 54.9 Å². The molecule has 2 unspecified atom stereocenters. The van der Waals surface area contributed by atoms with E-state index in [2.05, 4.69) is 30.1 Å². The van der Waals surface area contributed by atoms with Gasteiger partial charge in [0.05, 0.1) is 17.8 Å². The van der Waals surface area contributed by atoms with Gasteiger partial charge in [0.2, 0.25) is 5.96 Å². The molecule has 47 heavy (non-hydrogen) atoms. The minimum absolute atomic E-state index is 0.0511. The lowest BCUT2D eigenvalue weighted by Gasteiger charge is -2.23. The molecule has 3 aromatic carbocycles. The van der Waals surface area contributed by atoms with E-state index in [1.807, 2.05) is 110 Å². The topological polar surface area (TPSA) is 80.7 Å². The number of aliphatic imine (C=N–C) groups is 1. The summed E-state index contributed by atoms with van der Waals surface area (Å²) in [7, 11) is 1.84. The smallest absolute Gasteiger partial charge is 0.437 e. The van der Waals surface area contributed by atoms with Gasteiger partial charge in [0.1, 0.15) is 13.2 Å². The molecule has 1 saturated heterocycles. The number of nitrogens with zero attached hydrogens (tertiary/aromatic N) is 3. The predicted octanol–water partition coefficient (Wildman–Crippen LogP) is 8.44. The summed E-state index contributed by atoms with van der Waals surface area (Å²) in [5.74, 6) is 0.144. The Morgan fingerprint density at radius 1 is 0.915 bits per heavy atom. The first-order chi connectivity index (χ1) is 22.9. The van der Waals surface area contributed by atoms with Gasteiger partial charge in [-0.1, -0.05) is 122 Å². The highest BCUT2D eigenvalue weighted by Gasteiger charge is 2.43. The van der Waals surface area contributed by atoms with Gasteiger partial charge in [0.15, 0.2) is 0 Å². The molecule has 5 rings (SSSR count). The lowest BCUT2D eigenvalue weighted by molar-refractivity contribution is 0.0838. The molecule has 2 amide bonds. The average Bonchev–Trinajstić information content (AvgIpc) is 3.34. The number of unbranched alkanes of at least 4 members (excludes halogenated alkanes) is 1. The number of hydrogen-bond acceptors (Lipinski definition) is 5. The fourth-order valence-electron chi connectivity index (χ4n) is 5.45. The van der Waals surface area contributed by atoms with Gasteiger partial charge >= 0.3 is 12.2 Å². The van der Waals surface area contributed by atoms with E-state index in [1.54, 1.807) is 0 Å². The third kappa shape index (κ3) is 9.30. The van der Waals surface area contributed by atoms with Crippen molar-refractivity contribution in [1.29, 1.82) is 0 Å². The van der Waals surface area contributed by atoms with Crippen molar-refractivity contribution in [2.45, 2.75) is 64.9 Å². The predicted molar refractivity (Wildman–Crippen MR) is 184 cm³/mol. The van der Waals surface area contributed by atoms with E-state index in [0.29, 0.717) is 12.1 Å². The third-order valence-corrected chi connectivity index (χ3v) is 8.15. The van der Waals surface area contributed by atoms with Crippen LogP contribution in [0.25, 0.3) is 6.08 Å². The monoisotopic (exact) mass is 633 g/mol. The molecule has 1 aliphatic heterocycles. The molecule has 1 aliphatic carbocycles. The Labute approximate surface area is 277 Å². The van der Waals surface area contributed by atoms with Crippen molar-refractivity contribution in [3.05, 3.63) is 137 Å². The van der Waals surface area contributed by atoms with Gasteiger partial charge in [-0.3, -0.25) is 0 Å². The summed E-state index contributed by atoms with van der Waals surface area (Å²) in [6.07, 6.45) is 10.5. The number of benzene rings is 3. The Balaban J connectivity index is 1.46. The van der Waals surface area contributed by atoms with E-state index in [0.717, 1.165) is 53.7 Å². The molecule has 8 nitrogen and oxygen atoms in total. The number of likely N-dealkylation sites (N-methyl/N-ethyl adjacent to an activating group) is 1. The van der Waals surface area contributed by atoms with Gasteiger partial charge in [-0.25, -0.2) is 14.5 Å². The summed E-state index contributed by atoms with van der Waals surface area (Å²) in [5.41, 5.74) is 5.49. The summed E-state index contributed by atoms with van der Waals surface area (Å²) in [4.78, 5) is 34.7. The van der Waals surface area contributed by atoms with Crippen molar-refractivity contribution in [1.82, 2.24) is 9.80 Å². The highest BCUT2D eigenvalue weighted by atomic mass is 16.6. The zero-order valence-electron chi connectivity index (χ0n) is 27.4. The number of ether oxygens (including phenoxy) is 3. The van der Waals surface area contributed by atoms with Gasteiger partial charge in [0, 0.05) is 13.7 Å². The average molecular weight is 634 g/mol. The van der Waals surface area contributed by atoms with Gasteiger partial charge < -0.3 is 19.1 Å². The van der Waals surface area contributed by atoms with Crippen LogP contribution in [0.2, 0.25) is 0 Å². The van der Waals surface area contributed by atoms with E-state index in [4.69, 9.17) is 14.2 Å². The molecule has 244 valence electrons. The summed E-state index contributed by atoms with van der Waals surface area (Å²) >= 11 is 0. The molecule has 8 heteroatoms. The van der Waals surface area contributed by atoms with Gasteiger partial charge in [0.25, 0.3) is 0 Å². The van der Waals surface area contributed by atoms with Gasteiger partial charge in [-0.05, 0) is 54.5 Å². The molecule has 0 radical (unpaired) electrons. The number of rotatable bonds is 11. The molecule has 2 aliphatic rings. The fourth-order valence-corrected chi connectivity index (χ4v) is 5.45. The van der Waals surface area contributed by atoms with Crippen LogP contribution >= 0.6 is 0 Å². The number of aryl methyl sites for hydroxylation is 1. The quantitative estimate of drug-likeness (QED) is 0.197. The molecule has 3 aromatic rings. The van der Waals surface area contributed by atoms with E-state index < -0.39 is 12.2 Å². The van der Waals surface area contributed by atoms with E-state index in [-0.39, 0.29) is 31.3 Å². The molecular weight excluding hydrogens is 590 g/mol. The number of allylic oxidation sites excluding steroid dienone is 1. The van der Waals surface area contributed by atoms with Crippen molar-refractivity contribution >= 4 is 24.2 Å². The van der Waals surface area contributed by atoms with Gasteiger partial charge in [-0.15, -0.1) is 4.99 Å². The SMILES string of the molecule is CCCCOC1C=CC(CC2/C(=C/c3ccc(C)cc3)N(C(=O)OCc3ccccc3)/C(=N/C(=O)OCc3ccccc3)N2C)=CC1. The molecule has 0 N–H and O–H groups in total. The number of carbonyl (C=O) groups excluding carboxylic acids is 2. The number of carbonyl (C=O) groups is 2. The molecular formula is C39H43N3O5. The number of amides is 2. The Morgan fingerprint density at radius 2 is 1.57 bits per heavy atom. The Kier molecular flexibility index (Phi) is 11.8. The van der Waals surface area contributed by atoms with Gasteiger partial charge in [-0.2, -0.15) is 0 Å². The molecule has 2 atom stereocenters. The standard InChI is InChI=1S/C39H43N3O5/c1-4-5-24-45-34-22-20-31(21-23-34)25-35-36(26-30-18-16-29(2)17-19-30)42(39(44)47-28-33-14-10-7-11-15-33)37(41(35)3)40-38(43)46-27-32-12-8-6-9-13-32/h6-22,26,34-35H,4-5,23-25,27-28H2,1-3H3/b36-26-,40-37+. The van der Waals surface area contributed by atoms with Crippen LogP contribution < -0.4 is 0 Å². The Morgan fingerprint density at radius 3 is 2.19 bits per heavy atom. The van der Waals surface area contributed by atoms with E-state index in [1.165, 1.54) is 4.90 Å². The first-order valence-corrected chi connectivity index (χ1v) is 16.2. The zero-order valence-corrected chi connectivity index (χ0v) is 27.4. The number of guanidine groups is 1. The number of hydrogen-bond donors (Lipinski definition) is 0. The van der Waals surface area contributed by atoms with Crippen molar-refractivity contribution in [3.8, 4) is 0 Å². The maximum atomic E-state index is 14.0. The normalized spacial score (nSPS) is 19.3. The second kappa shape index (κ2) is 16.6. The molecule has 0 spiro atoms.